The average molecular weight is 373 g/mol. The van der Waals surface area contributed by atoms with Gasteiger partial charge in [-0.2, -0.15) is 5.10 Å². The largest absolute Gasteiger partial charge is 0.491 e. The molecule has 0 aliphatic carbocycles. The highest BCUT2D eigenvalue weighted by molar-refractivity contribution is 5.94. The molecule has 4 aromatic rings. The van der Waals surface area contributed by atoms with E-state index in [0.717, 1.165) is 52.4 Å². The Labute approximate surface area is 164 Å². The molecule has 142 valence electrons. The average Bonchev–Trinajstić information content (AvgIpc) is 3.12. The number of nitrogens with zero attached hydrogens (tertiary/aromatic N) is 3. The van der Waals surface area contributed by atoms with Gasteiger partial charge in [0.15, 0.2) is 0 Å². The van der Waals surface area contributed by atoms with Gasteiger partial charge < -0.3 is 10.1 Å². The minimum absolute atomic E-state index is 0.128. The fourth-order valence-electron chi connectivity index (χ4n) is 3.10. The van der Waals surface area contributed by atoms with Gasteiger partial charge in [-0.05, 0) is 56.3 Å². The number of nitrogens with one attached hydrogen (secondary N) is 2. The Balaban J connectivity index is 1.53. The van der Waals surface area contributed by atoms with Crippen molar-refractivity contribution >= 4 is 16.7 Å². The Bertz CT molecular complexity index is 1060. The zero-order valence-corrected chi connectivity index (χ0v) is 16.0. The molecule has 0 aliphatic heterocycles. The smallest absolute Gasteiger partial charge is 0.126 e. The first-order valence-corrected chi connectivity index (χ1v) is 9.44. The van der Waals surface area contributed by atoms with Crippen LogP contribution in [0.4, 0.5) is 5.82 Å². The van der Waals surface area contributed by atoms with Crippen molar-refractivity contribution in [2.24, 2.45) is 0 Å². The van der Waals surface area contributed by atoms with Crippen LogP contribution in [0.2, 0.25) is 0 Å². The molecule has 0 radical (unpaired) electrons. The molecular weight excluding hydrogens is 350 g/mol. The number of benzene rings is 1. The molecule has 3 aromatic heterocycles. The van der Waals surface area contributed by atoms with E-state index >= 15 is 0 Å². The summed E-state index contributed by atoms with van der Waals surface area (Å²) in [5, 5.41) is 12.0. The zero-order chi connectivity index (χ0) is 19.3. The number of anilines is 1. The summed E-state index contributed by atoms with van der Waals surface area (Å²) < 4.78 is 5.83. The van der Waals surface area contributed by atoms with Crippen molar-refractivity contribution in [3.63, 3.8) is 0 Å². The van der Waals surface area contributed by atoms with Gasteiger partial charge in [0.05, 0.1) is 11.6 Å². The van der Waals surface area contributed by atoms with Crippen molar-refractivity contribution in [2.75, 3.05) is 11.9 Å². The van der Waals surface area contributed by atoms with Gasteiger partial charge in [-0.1, -0.05) is 6.07 Å². The van der Waals surface area contributed by atoms with E-state index in [0.29, 0.717) is 0 Å². The molecule has 0 spiro atoms. The number of aromatic amines is 1. The molecule has 2 N–H and O–H groups in total. The molecule has 0 aliphatic rings. The summed E-state index contributed by atoms with van der Waals surface area (Å²) in [6.45, 7) is 4.81. The van der Waals surface area contributed by atoms with Crippen LogP contribution in [-0.4, -0.2) is 32.8 Å². The number of hydrogen-bond acceptors (Lipinski definition) is 5. The summed E-state index contributed by atoms with van der Waals surface area (Å²) >= 11 is 0. The van der Waals surface area contributed by atoms with E-state index in [-0.39, 0.29) is 6.10 Å². The summed E-state index contributed by atoms with van der Waals surface area (Å²) in [5.74, 6) is 1.66. The number of H-pyrrole nitrogens is 1. The highest BCUT2D eigenvalue weighted by Crippen LogP contribution is 2.30. The molecule has 0 bridgehead atoms. The predicted molar refractivity (Wildman–Crippen MR) is 112 cm³/mol. The van der Waals surface area contributed by atoms with Crippen molar-refractivity contribution in [1.82, 2.24) is 20.2 Å². The standard InChI is InChI=1S/C22H23N5O/c1-15(2)28-18-6-7-20-19(14-18)22(27-26-20)16-8-11-24-21(13-16)25-12-9-17-5-3-4-10-23-17/h3-8,10-11,13-15H,9,12H2,1-2H3,(H,24,25)(H,26,27). The van der Waals surface area contributed by atoms with Crippen molar-refractivity contribution in [3.05, 3.63) is 66.6 Å². The van der Waals surface area contributed by atoms with Crippen LogP contribution in [0.3, 0.4) is 0 Å². The number of hydrogen-bond donors (Lipinski definition) is 2. The van der Waals surface area contributed by atoms with Crippen LogP contribution in [0.1, 0.15) is 19.5 Å². The SMILES string of the molecule is CC(C)Oc1ccc2[nH]nc(-c3ccnc(NCCc4ccccn4)c3)c2c1. The topological polar surface area (TPSA) is 75.7 Å². The number of ether oxygens (including phenoxy) is 1. The molecule has 0 amide bonds. The minimum atomic E-state index is 0.128. The summed E-state index contributed by atoms with van der Waals surface area (Å²) in [7, 11) is 0. The molecule has 6 nitrogen and oxygen atoms in total. The van der Waals surface area contributed by atoms with Crippen LogP contribution in [0.5, 0.6) is 5.75 Å². The summed E-state index contributed by atoms with van der Waals surface area (Å²) in [4.78, 5) is 8.77. The van der Waals surface area contributed by atoms with Gasteiger partial charge in [0.2, 0.25) is 0 Å². The number of fused-ring (bicyclic) bond motifs is 1. The maximum atomic E-state index is 5.83. The van der Waals surface area contributed by atoms with Crippen molar-refractivity contribution < 1.29 is 4.74 Å². The molecule has 0 atom stereocenters. The van der Waals surface area contributed by atoms with Crippen LogP contribution >= 0.6 is 0 Å². The lowest BCUT2D eigenvalue weighted by molar-refractivity contribution is 0.243. The number of pyridine rings is 2. The van der Waals surface area contributed by atoms with Gasteiger partial charge >= 0.3 is 0 Å². The lowest BCUT2D eigenvalue weighted by Gasteiger charge is -2.10. The van der Waals surface area contributed by atoms with E-state index in [2.05, 4.69) is 25.5 Å². The molecule has 0 saturated carbocycles. The Hall–Kier alpha value is -3.41. The monoisotopic (exact) mass is 373 g/mol. The van der Waals surface area contributed by atoms with E-state index in [1.807, 2.05) is 68.6 Å². The zero-order valence-electron chi connectivity index (χ0n) is 16.0. The van der Waals surface area contributed by atoms with Gasteiger partial charge in [0, 0.05) is 42.0 Å². The van der Waals surface area contributed by atoms with Crippen LogP contribution in [-0.2, 0) is 6.42 Å². The second kappa shape index (κ2) is 8.08. The fraction of sp³-hybridized carbons (Fsp3) is 0.227. The molecule has 6 heteroatoms. The molecule has 0 unspecified atom stereocenters. The first kappa shape index (κ1) is 18.0. The van der Waals surface area contributed by atoms with Gasteiger partial charge in [-0.15, -0.1) is 0 Å². The second-order valence-corrected chi connectivity index (χ2v) is 6.87. The maximum absolute atomic E-state index is 5.83. The van der Waals surface area contributed by atoms with E-state index in [1.54, 1.807) is 6.20 Å². The third-order valence-corrected chi connectivity index (χ3v) is 4.35. The van der Waals surface area contributed by atoms with Crippen LogP contribution in [0.25, 0.3) is 22.2 Å². The molecule has 0 saturated heterocycles. The van der Waals surface area contributed by atoms with E-state index < -0.39 is 0 Å². The molecule has 1 aromatic carbocycles. The molecule has 0 fully saturated rings. The number of aromatic nitrogens is 4. The van der Waals surface area contributed by atoms with Crippen LogP contribution in [0.15, 0.2) is 60.9 Å². The predicted octanol–water partition coefficient (Wildman–Crippen LogP) is 4.46. The Morgan fingerprint density at radius 3 is 2.79 bits per heavy atom. The first-order valence-electron chi connectivity index (χ1n) is 9.44. The maximum Gasteiger partial charge on any atom is 0.126 e. The van der Waals surface area contributed by atoms with Gasteiger partial charge in [-0.25, -0.2) is 4.98 Å². The fourth-order valence-corrected chi connectivity index (χ4v) is 3.10. The molecule has 28 heavy (non-hydrogen) atoms. The quantitative estimate of drug-likeness (QED) is 0.500. The van der Waals surface area contributed by atoms with E-state index in [4.69, 9.17) is 4.74 Å². The van der Waals surface area contributed by atoms with Crippen LogP contribution in [0, 0.1) is 0 Å². The second-order valence-electron chi connectivity index (χ2n) is 6.87. The minimum Gasteiger partial charge on any atom is -0.491 e. The lowest BCUT2D eigenvalue weighted by atomic mass is 10.1. The Morgan fingerprint density at radius 1 is 1.04 bits per heavy atom. The summed E-state index contributed by atoms with van der Waals surface area (Å²) in [5.41, 5.74) is 3.93. The first-order chi connectivity index (χ1) is 13.7. The Morgan fingerprint density at radius 2 is 1.96 bits per heavy atom. The third-order valence-electron chi connectivity index (χ3n) is 4.35. The molecule has 4 rings (SSSR count). The highest BCUT2D eigenvalue weighted by Gasteiger charge is 2.11. The highest BCUT2D eigenvalue weighted by atomic mass is 16.5. The Kier molecular flexibility index (Phi) is 5.19. The normalized spacial score (nSPS) is 11.1. The van der Waals surface area contributed by atoms with E-state index in [9.17, 15) is 0 Å². The summed E-state index contributed by atoms with van der Waals surface area (Å²) in [6.07, 6.45) is 4.58. The van der Waals surface area contributed by atoms with Crippen molar-refractivity contribution in [3.8, 4) is 17.0 Å². The molecule has 3 heterocycles. The van der Waals surface area contributed by atoms with Gasteiger partial charge in [-0.3, -0.25) is 10.1 Å². The third kappa shape index (κ3) is 4.11. The number of rotatable bonds is 7. The lowest BCUT2D eigenvalue weighted by Crippen LogP contribution is -2.07. The van der Waals surface area contributed by atoms with Gasteiger partial charge in [0.1, 0.15) is 17.3 Å². The van der Waals surface area contributed by atoms with E-state index in [1.165, 1.54) is 0 Å². The molecular formula is C22H23N5O. The van der Waals surface area contributed by atoms with Gasteiger partial charge in [0.25, 0.3) is 0 Å². The van der Waals surface area contributed by atoms with Crippen LogP contribution < -0.4 is 10.1 Å². The van der Waals surface area contributed by atoms with Crippen molar-refractivity contribution in [1.29, 1.82) is 0 Å². The van der Waals surface area contributed by atoms with Crippen molar-refractivity contribution in [2.45, 2.75) is 26.4 Å². The summed E-state index contributed by atoms with van der Waals surface area (Å²) in [6, 6.07) is 15.9.